The Morgan fingerprint density at radius 1 is 1.04 bits per heavy atom. The summed E-state index contributed by atoms with van der Waals surface area (Å²) in [6.45, 7) is 1.95. The Labute approximate surface area is 135 Å². The molecule has 1 fully saturated rings. The Balaban J connectivity index is 1.78. The lowest BCUT2D eigenvalue weighted by atomic mass is 10.1. The average Bonchev–Trinajstić information content (AvgIpc) is 3.37. The van der Waals surface area contributed by atoms with Crippen LogP contribution in [0.3, 0.4) is 0 Å². The summed E-state index contributed by atoms with van der Waals surface area (Å²) in [6.07, 6.45) is 1.05. The molecule has 0 radical (unpaired) electrons. The Morgan fingerprint density at radius 2 is 1.70 bits per heavy atom. The van der Waals surface area contributed by atoms with E-state index in [1.165, 1.54) is 0 Å². The first-order valence-corrected chi connectivity index (χ1v) is 7.76. The van der Waals surface area contributed by atoms with Crippen molar-refractivity contribution in [2.24, 2.45) is 0 Å². The van der Waals surface area contributed by atoms with Gasteiger partial charge < -0.3 is 10.1 Å². The summed E-state index contributed by atoms with van der Waals surface area (Å²) in [5.41, 5.74) is 2.18. The highest BCUT2D eigenvalue weighted by Gasteiger charge is 2.30. The molecule has 0 saturated heterocycles. The van der Waals surface area contributed by atoms with E-state index in [1.807, 2.05) is 37.3 Å². The number of aryl methyl sites for hydroxylation is 1. The van der Waals surface area contributed by atoms with Crippen LogP contribution in [0.5, 0.6) is 0 Å². The number of benzene rings is 2. The fourth-order valence-corrected chi connectivity index (χ4v) is 2.27. The Bertz CT molecular complexity index is 690. The van der Waals surface area contributed by atoms with Crippen LogP contribution in [0.15, 0.2) is 54.6 Å². The third-order valence-corrected chi connectivity index (χ3v) is 3.78. The van der Waals surface area contributed by atoms with Gasteiger partial charge in [-0.3, -0.25) is 4.79 Å². The van der Waals surface area contributed by atoms with Crippen LogP contribution in [-0.2, 0) is 9.53 Å². The lowest BCUT2D eigenvalue weighted by molar-refractivity contribution is -0.130. The SMILES string of the molecule is Cc1ccc(C(=O)O[C@H](C(=O)NC2CC2)c2ccccc2)cc1. The Morgan fingerprint density at radius 3 is 2.30 bits per heavy atom. The second kappa shape index (κ2) is 6.65. The van der Waals surface area contributed by atoms with E-state index < -0.39 is 12.1 Å². The van der Waals surface area contributed by atoms with Crippen LogP contribution in [0, 0.1) is 6.92 Å². The number of amides is 1. The van der Waals surface area contributed by atoms with Gasteiger partial charge in [0.05, 0.1) is 5.56 Å². The zero-order chi connectivity index (χ0) is 16.2. The van der Waals surface area contributed by atoms with E-state index in [1.54, 1.807) is 24.3 Å². The van der Waals surface area contributed by atoms with Gasteiger partial charge in [0, 0.05) is 11.6 Å². The molecule has 0 unspecified atom stereocenters. The van der Waals surface area contributed by atoms with Crippen molar-refractivity contribution in [3.63, 3.8) is 0 Å². The molecule has 0 spiro atoms. The molecule has 0 aliphatic heterocycles. The van der Waals surface area contributed by atoms with Crippen molar-refractivity contribution in [1.29, 1.82) is 0 Å². The van der Waals surface area contributed by atoms with Gasteiger partial charge in [0.1, 0.15) is 0 Å². The fraction of sp³-hybridized carbons (Fsp3) is 0.263. The van der Waals surface area contributed by atoms with Crippen molar-refractivity contribution in [2.45, 2.75) is 31.9 Å². The van der Waals surface area contributed by atoms with Crippen LogP contribution in [0.1, 0.15) is 40.4 Å². The Hall–Kier alpha value is -2.62. The van der Waals surface area contributed by atoms with Crippen molar-refractivity contribution in [3.05, 3.63) is 71.3 Å². The number of carbonyl (C=O) groups excluding carboxylic acids is 2. The summed E-state index contributed by atoms with van der Waals surface area (Å²) in [7, 11) is 0. The number of hydrogen-bond donors (Lipinski definition) is 1. The van der Waals surface area contributed by atoms with Crippen LogP contribution in [0.2, 0.25) is 0 Å². The van der Waals surface area contributed by atoms with E-state index >= 15 is 0 Å². The van der Waals surface area contributed by atoms with E-state index in [0.29, 0.717) is 11.1 Å². The van der Waals surface area contributed by atoms with Crippen molar-refractivity contribution in [1.82, 2.24) is 5.32 Å². The first-order valence-electron chi connectivity index (χ1n) is 7.76. The van der Waals surface area contributed by atoms with Crippen molar-refractivity contribution < 1.29 is 14.3 Å². The molecule has 4 nitrogen and oxygen atoms in total. The maximum Gasteiger partial charge on any atom is 0.339 e. The summed E-state index contributed by atoms with van der Waals surface area (Å²) < 4.78 is 5.50. The van der Waals surface area contributed by atoms with Gasteiger partial charge in [-0.05, 0) is 31.9 Å². The monoisotopic (exact) mass is 309 g/mol. The minimum absolute atomic E-state index is 0.215. The second-order valence-electron chi connectivity index (χ2n) is 5.84. The van der Waals surface area contributed by atoms with Crippen molar-refractivity contribution in [3.8, 4) is 0 Å². The number of hydrogen-bond acceptors (Lipinski definition) is 3. The summed E-state index contributed by atoms with van der Waals surface area (Å²) in [5, 5.41) is 2.90. The molecule has 118 valence electrons. The van der Waals surface area contributed by atoms with Gasteiger partial charge in [0.15, 0.2) is 0 Å². The molecule has 0 aromatic heterocycles. The predicted molar refractivity (Wildman–Crippen MR) is 86.9 cm³/mol. The lowest BCUT2D eigenvalue weighted by Gasteiger charge is -2.18. The minimum Gasteiger partial charge on any atom is -0.444 e. The van der Waals surface area contributed by atoms with Gasteiger partial charge in [0.2, 0.25) is 6.10 Å². The summed E-state index contributed by atoms with van der Waals surface area (Å²) in [5.74, 6) is -0.760. The molecule has 3 rings (SSSR count). The number of nitrogens with one attached hydrogen (secondary N) is 1. The highest BCUT2D eigenvalue weighted by Crippen LogP contribution is 2.24. The number of esters is 1. The molecule has 2 aromatic carbocycles. The maximum absolute atomic E-state index is 12.4. The summed E-state index contributed by atoms with van der Waals surface area (Å²) in [6, 6.07) is 16.4. The van der Waals surface area contributed by atoms with Crippen LogP contribution in [0.4, 0.5) is 0 Å². The minimum atomic E-state index is -0.925. The van der Waals surface area contributed by atoms with E-state index in [2.05, 4.69) is 5.32 Å². The molecular weight excluding hydrogens is 290 g/mol. The Kier molecular flexibility index (Phi) is 4.42. The molecular formula is C19H19NO3. The smallest absolute Gasteiger partial charge is 0.339 e. The summed E-state index contributed by atoms with van der Waals surface area (Å²) in [4.78, 5) is 24.8. The molecule has 1 N–H and O–H groups in total. The molecule has 1 amide bonds. The summed E-state index contributed by atoms with van der Waals surface area (Å²) >= 11 is 0. The quantitative estimate of drug-likeness (QED) is 0.863. The maximum atomic E-state index is 12.4. The van der Waals surface area contributed by atoms with E-state index in [-0.39, 0.29) is 11.9 Å². The zero-order valence-corrected chi connectivity index (χ0v) is 13.0. The molecule has 4 heteroatoms. The molecule has 23 heavy (non-hydrogen) atoms. The third-order valence-electron chi connectivity index (χ3n) is 3.78. The highest BCUT2D eigenvalue weighted by molar-refractivity contribution is 5.92. The van der Waals surface area contributed by atoms with Crippen LogP contribution in [0.25, 0.3) is 0 Å². The van der Waals surface area contributed by atoms with Crippen molar-refractivity contribution in [2.75, 3.05) is 0 Å². The van der Waals surface area contributed by atoms with E-state index in [0.717, 1.165) is 18.4 Å². The first-order chi connectivity index (χ1) is 11.1. The largest absolute Gasteiger partial charge is 0.444 e. The van der Waals surface area contributed by atoms with Gasteiger partial charge in [-0.25, -0.2) is 4.79 Å². The molecule has 0 bridgehead atoms. The normalized spacial score (nSPS) is 14.8. The van der Waals surface area contributed by atoms with Gasteiger partial charge >= 0.3 is 5.97 Å². The number of rotatable bonds is 5. The number of carbonyl (C=O) groups is 2. The molecule has 2 aromatic rings. The van der Waals surface area contributed by atoms with Gasteiger partial charge in [-0.1, -0.05) is 48.0 Å². The molecule has 1 aliphatic carbocycles. The number of ether oxygens (including phenoxy) is 1. The lowest BCUT2D eigenvalue weighted by Crippen LogP contribution is -2.33. The van der Waals surface area contributed by atoms with Gasteiger partial charge in [0.25, 0.3) is 5.91 Å². The molecule has 0 heterocycles. The first kappa shape index (κ1) is 15.3. The fourth-order valence-electron chi connectivity index (χ4n) is 2.27. The van der Waals surface area contributed by atoms with Gasteiger partial charge in [-0.15, -0.1) is 0 Å². The molecule has 1 aliphatic rings. The van der Waals surface area contributed by atoms with Crippen LogP contribution >= 0.6 is 0 Å². The van der Waals surface area contributed by atoms with E-state index in [9.17, 15) is 9.59 Å². The zero-order valence-electron chi connectivity index (χ0n) is 13.0. The topological polar surface area (TPSA) is 55.4 Å². The predicted octanol–water partition coefficient (Wildman–Crippen LogP) is 3.17. The highest BCUT2D eigenvalue weighted by atomic mass is 16.5. The second-order valence-corrected chi connectivity index (χ2v) is 5.84. The van der Waals surface area contributed by atoms with Crippen LogP contribution < -0.4 is 5.32 Å². The van der Waals surface area contributed by atoms with Crippen molar-refractivity contribution >= 4 is 11.9 Å². The average molecular weight is 309 g/mol. The standard InChI is InChI=1S/C19H19NO3/c1-13-7-9-15(10-8-13)19(22)23-17(14-5-3-2-4-6-14)18(21)20-16-11-12-16/h2-10,16-17H,11-12H2,1H3,(H,20,21)/t17-/m0/s1. The molecule has 1 atom stereocenters. The molecule has 1 saturated carbocycles. The van der Waals surface area contributed by atoms with Crippen LogP contribution in [-0.4, -0.2) is 17.9 Å². The van der Waals surface area contributed by atoms with Gasteiger partial charge in [-0.2, -0.15) is 0 Å². The third kappa shape index (κ3) is 3.97. The van der Waals surface area contributed by atoms with E-state index in [4.69, 9.17) is 4.74 Å².